The van der Waals surface area contributed by atoms with Crippen LogP contribution >= 0.6 is 0 Å². The molecule has 1 atom stereocenters. The fraction of sp³-hybridized carbons (Fsp3) is 0.300. The van der Waals surface area contributed by atoms with Gasteiger partial charge in [0.1, 0.15) is 11.3 Å². The number of benzene rings is 2. The monoisotopic (exact) mass is 335 g/mol. The predicted octanol–water partition coefficient (Wildman–Crippen LogP) is 3.05. The van der Waals surface area contributed by atoms with Crippen molar-refractivity contribution in [2.75, 3.05) is 6.54 Å². The van der Waals surface area contributed by atoms with Gasteiger partial charge in [0.25, 0.3) is 5.91 Å². The number of rotatable bonds is 4. The highest BCUT2D eigenvalue weighted by atomic mass is 16.3. The third-order valence-corrected chi connectivity index (χ3v) is 5.17. The first kappa shape index (κ1) is 15.7. The molecule has 128 valence electrons. The number of nitrogens with one attached hydrogen (secondary N) is 2. The maximum Gasteiger partial charge on any atom is 0.259 e. The number of likely N-dealkylation sites (N-methyl/N-ethyl adjacent to an activating group) is 1. The topological polar surface area (TPSA) is 76.4 Å². The van der Waals surface area contributed by atoms with Gasteiger partial charge >= 0.3 is 0 Å². The molecule has 0 radical (unpaired) electrons. The molecule has 5 heteroatoms. The quantitative estimate of drug-likeness (QED) is 0.804. The Labute approximate surface area is 146 Å². The van der Waals surface area contributed by atoms with E-state index in [1.165, 1.54) is 4.90 Å². The Morgan fingerprint density at radius 1 is 1.20 bits per heavy atom. The highest BCUT2D eigenvalue weighted by Crippen LogP contribution is 2.49. The number of phenols is 1. The second kappa shape index (κ2) is 5.62. The molecule has 2 fully saturated rings. The average Bonchev–Trinajstić information content (AvgIpc) is 3.42. The van der Waals surface area contributed by atoms with Crippen molar-refractivity contribution in [3.63, 3.8) is 0 Å². The fourth-order valence-electron chi connectivity index (χ4n) is 3.78. The number of carbonyl (C=O) groups excluding carboxylic acids is 1. The van der Waals surface area contributed by atoms with Gasteiger partial charge in [-0.05, 0) is 60.6 Å². The van der Waals surface area contributed by atoms with Crippen LogP contribution in [0.2, 0.25) is 0 Å². The summed E-state index contributed by atoms with van der Waals surface area (Å²) in [5.41, 5.74) is 1.91. The molecule has 4 rings (SSSR count). The van der Waals surface area contributed by atoms with Gasteiger partial charge in [-0.25, -0.2) is 0 Å². The van der Waals surface area contributed by atoms with Crippen LogP contribution in [0, 0.1) is 11.3 Å². The van der Waals surface area contributed by atoms with Gasteiger partial charge in [0.15, 0.2) is 5.96 Å². The standard InChI is InChI=1S/C20H21N3O2/c1-2-23-18(25)20(15-9-10-15,22-19(23)21)16-7-3-5-13(11-16)14-6-4-8-17(24)12-14/h3-8,11-12,15,24H,2,9-10H2,1H3,(H2,21,22). The minimum Gasteiger partial charge on any atom is -0.508 e. The Morgan fingerprint density at radius 3 is 2.48 bits per heavy atom. The SMILES string of the molecule is CCN1C(=N)NC(c2cccc(-c3cccc(O)c3)c2)(C2CC2)C1=O. The summed E-state index contributed by atoms with van der Waals surface area (Å²) in [5, 5.41) is 21.1. The number of amides is 1. The van der Waals surface area contributed by atoms with Crippen LogP contribution in [0.3, 0.4) is 0 Å². The molecule has 0 spiro atoms. The zero-order chi connectivity index (χ0) is 17.6. The normalized spacial score (nSPS) is 23.0. The zero-order valence-corrected chi connectivity index (χ0v) is 14.1. The Bertz CT molecular complexity index is 860. The Kier molecular flexibility index (Phi) is 3.53. The molecule has 1 aliphatic heterocycles. The minimum atomic E-state index is -0.833. The molecule has 1 saturated carbocycles. The van der Waals surface area contributed by atoms with E-state index in [0.717, 1.165) is 29.5 Å². The van der Waals surface area contributed by atoms with Crippen molar-refractivity contribution in [3.05, 3.63) is 54.1 Å². The lowest BCUT2D eigenvalue weighted by molar-refractivity contribution is -0.132. The lowest BCUT2D eigenvalue weighted by Gasteiger charge is -2.28. The van der Waals surface area contributed by atoms with E-state index in [1.54, 1.807) is 12.1 Å². The minimum absolute atomic E-state index is 0.0319. The third-order valence-electron chi connectivity index (χ3n) is 5.17. The fourth-order valence-corrected chi connectivity index (χ4v) is 3.78. The molecular weight excluding hydrogens is 314 g/mol. The number of phenolic OH excluding ortho intramolecular Hbond substituents is 1. The van der Waals surface area contributed by atoms with Crippen molar-refractivity contribution in [3.8, 4) is 16.9 Å². The summed E-state index contributed by atoms with van der Waals surface area (Å²) in [6, 6.07) is 15.0. The van der Waals surface area contributed by atoms with E-state index in [-0.39, 0.29) is 23.5 Å². The van der Waals surface area contributed by atoms with E-state index in [1.807, 2.05) is 43.3 Å². The summed E-state index contributed by atoms with van der Waals surface area (Å²) in [4.78, 5) is 14.6. The van der Waals surface area contributed by atoms with E-state index in [0.29, 0.717) is 6.54 Å². The second-order valence-corrected chi connectivity index (χ2v) is 6.74. The molecule has 1 unspecified atom stereocenters. The van der Waals surface area contributed by atoms with E-state index in [9.17, 15) is 9.90 Å². The molecule has 0 aromatic heterocycles. The second-order valence-electron chi connectivity index (χ2n) is 6.74. The Morgan fingerprint density at radius 2 is 1.88 bits per heavy atom. The number of carbonyl (C=O) groups is 1. The Hall–Kier alpha value is -2.82. The lowest BCUT2D eigenvalue weighted by Crippen LogP contribution is -2.46. The van der Waals surface area contributed by atoms with Crippen molar-refractivity contribution in [1.82, 2.24) is 10.2 Å². The molecular formula is C20H21N3O2. The maximum atomic E-state index is 13.1. The van der Waals surface area contributed by atoms with E-state index in [4.69, 9.17) is 5.41 Å². The molecule has 3 N–H and O–H groups in total. The summed E-state index contributed by atoms with van der Waals surface area (Å²) in [7, 11) is 0. The van der Waals surface area contributed by atoms with Crippen molar-refractivity contribution in [1.29, 1.82) is 5.41 Å². The molecule has 1 amide bonds. The van der Waals surface area contributed by atoms with Gasteiger partial charge in [-0.2, -0.15) is 0 Å². The van der Waals surface area contributed by atoms with Gasteiger partial charge in [0.05, 0.1) is 0 Å². The molecule has 1 aliphatic carbocycles. The molecule has 25 heavy (non-hydrogen) atoms. The average molecular weight is 335 g/mol. The summed E-state index contributed by atoms with van der Waals surface area (Å²) in [6.07, 6.45) is 1.97. The molecule has 5 nitrogen and oxygen atoms in total. The van der Waals surface area contributed by atoms with Gasteiger partial charge in [0, 0.05) is 6.54 Å². The van der Waals surface area contributed by atoms with Crippen LogP contribution in [0.5, 0.6) is 5.75 Å². The van der Waals surface area contributed by atoms with Gasteiger partial charge in [-0.15, -0.1) is 0 Å². The van der Waals surface area contributed by atoms with Gasteiger partial charge in [-0.1, -0.05) is 30.3 Å². The van der Waals surface area contributed by atoms with Crippen molar-refractivity contribution in [2.24, 2.45) is 5.92 Å². The van der Waals surface area contributed by atoms with Crippen LogP contribution in [-0.4, -0.2) is 28.4 Å². The Balaban J connectivity index is 1.81. The zero-order valence-electron chi connectivity index (χ0n) is 14.1. The van der Waals surface area contributed by atoms with Gasteiger partial charge in [-0.3, -0.25) is 15.1 Å². The van der Waals surface area contributed by atoms with Crippen molar-refractivity contribution < 1.29 is 9.90 Å². The highest BCUT2D eigenvalue weighted by molar-refractivity contribution is 6.08. The number of hydrogen-bond acceptors (Lipinski definition) is 3. The molecule has 2 aromatic rings. The first-order valence-electron chi connectivity index (χ1n) is 8.65. The summed E-state index contributed by atoms with van der Waals surface area (Å²) in [5.74, 6) is 0.586. The van der Waals surface area contributed by atoms with Crippen LogP contribution < -0.4 is 5.32 Å². The van der Waals surface area contributed by atoms with Crippen LogP contribution in [0.25, 0.3) is 11.1 Å². The smallest absolute Gasteiger partial charge is 0.259 e. The molecule has 1 saturated heterocycles. The predicted molar refractivity (Wildman–Crippen MR) is 96.2 cm³/mol. The largest absolute Gasteiger partial charge is 0.508 e. The van der Waals surface area contributed by atoms with Crippen molar-refractivity contribution in [2.45, 2.75) is 25.3 Å². The molecule has 2 aromatic carbocycles. The van der Waals surface area contributed by atoms with E-state index >= 15 is 0 Å². The first-order chi connectivity index (χ1) is 12.1. The molecule has 0 bridgehead atoms. The van der Waals surface area contributed by atoms with Gasteiger partial charge < -0.3 is 10.4 Å². The maximum absolute atomic E-state index is 13.1. The lowest BCUT2D eigenvalue weighted by atomic mass is 9.83. The first-order valence-corrected chi connectivity index (χ1v) is 8.65. The summed E-state index contributed by atoms with van der Waals surface area (Å²) < 4.78 is 0. The van der Waals surface area contributed by atoms with Gasteiger partial charge in [0.2, 0.25) is 0 Å². The summed E-state index contributed by atoms with van der Waals surface area (Å²) >= 11 is 0. The van der Waals surface area contributed by atoms with E-state index in [2.05, 4.69) is 5.32 Å². The number of guanidine groups is 1. The highest BCUT2D eigenvalue weighted by Gasteiger charge is 2.58. The van der Waals surface area contributed by atoms with Crippen LogP contribution in [-0.2, 0) is 10.3 Å². The molecule has 1 heterocycles. The number of nitrogens with zero attached hydrogens (tertiary/aromatic N) is 1. The molecule has 2 aliphatic rings. The number of hydrogen-bond donors (Lipinski definition) is 3. The summed E-state index contributed by atoms with van der Waals surface area (Å²) in [6.45, 7) is 2.38. The van der Waals surface area contributed by atoms with Crippen LogP contribution in [0.15, 0.2) is 48.5 Å². The number of aromatic hydroxyl groups is 1. The van der Waals surface area contributed by atoms with Crippen LogP contribution in [0.1, 0.15) is 25.3 Å². The third kappa shape index (κ3) is 2.38. The van der Waals surface area contributed by atoms with Crippen molar-refractivity contribution >= 4 is 11.9 Å². The van der Waals surface area contributed by atoms with Crippen LogP contribution in [0.4, 0.5) is 0 Å². The van der Waals surface area contributed by atoms with E-state index < -0.39 is 5.54 Å².